The zero-order valence-corrected chi connectivity index (χ0v) is 14.0. The number of rotatable bonds is 3. The highest BCUT2D eigenvalue weighted by Gasteiger charge is 2.15. The maximum atomic E-state index is 12.4. The number of hydrogen-bond donors (Lipinski definition) is 2. The van der Waals surface area contributed by atoms with E-state index >= 15 is 0 Å². The fourth-order valence-corrected chi connectivity index (χ4v) is 3.33. The fraction of sp³-hybridized carbons (Fsp3) is 0.0556. The van der Waals surface area contributed by atoms with Crippen LogP contribution in [0.25, 0.3) is 21.5 Å². The molecule has 3 aromatic heterocycles. The molecule has 0 unspecified atom stereocenters. The van der Waals surface area contributed by atoms with E-state index in [4.69, 9.17) is 4.42 Å². The van der Waals surface area contributed by atoms with Gasteiger partial charge in [0.15, 0.2) is 5.82 Å². The normalized spacial score (nSPS) is 10.9. The van der Waals surface area contributed by atoms with Gasteiger partial charge in [-0.05, 0) is 31.2 Å². The number of amides is 1. The van der Waals surface area contributed by atoms with E-state index in [0.717, 1.165) is 10.6 Å². The first kappa shape index (κ1) is 15.3. The Morgan fingerprint density at radius 2 is 2.04 bits per heavy atom. The zero-order chi connectivity index (χ0) is 17.4. The Morgan fingerprint density at radius 3 is 2.84 bits per heavy atom. The molecule has 1 amide bonds. The number of aryl methyl sites for hydroxylation is 1. The Kier molecular flexibility index (Phi) is 3.70. The van der Waals surface area contributed by atoms with Gasteiger partial charge in [0.2, 0.25) is 0 Å². The minimum atomic E-state index is -0.680. The van der Waals surface area contributed by atoms with Gasteiger partial charge in [0.05, 0.1) is 10.6 Å². The number of carbonyl (C=O) groups excluding carboxylic acids is 1. The summed E-state index contributed by atoms with van der Waals surface area (Å²) < 4.78 is 5.19. The first-order valence-electron chi connectivity index (χ1n) is 7.56. The van der Waals surface area contributed by atoms with Crippen molar-refractivity contribution < 1.29 is 9.21 Å². The number of aromatic amines is 1. The maximum Gasteiger partial charge on any atom is 0.349 e. The number of H-pyrrole nitrogens is 1. The van der Waals surface area contributed by atoms with Crippen LogP contribution in [0.15, 0.2) is 57.7 Å². The van der Waals surface area contributed by atoms with Crippen molar-refractivity contribution in [2.75, 3.05) is 5.32 Å². The summed E-state index contributed by atoms with van der Waals surface area (Å²) in [5, 5.41) is 10.3. The number of aromatic nitrogens is 2. The monoisotopic (exact) mass is 351 g/mol. The molecule has 0 spiro atoms. The van der Waals surface area contributed by atoms with E-state index in [0.29, 0.717) is 16.8 Å². The Balaban J connectivity index is 1.61. The Morgan fingerprint density at radius 1 is 1.20 bits per heavy atom. The van der Waals surface area contributed by atoms with Crippen LogP contribution in [0.1, 0.15) is 15.2 Å². The van der Waals surface area contributed by atoms with Crippen LogP contribution in [0.3, 0.4) is 0 Å². The van der Waals surface area contributed by atoms with Crippen molar-refractivity contribution in [2.24, 2.45) is 0 Å². The molecule has 2 N–H and O–H groups in total. The first-order chi connectivity index (χ1) is 12.1. The van der Waals surface area contributed by atoms with Crippen LogP contribution < -0.4 is 10.9 Å². The summed E-state index contributed by atoms with van der Waals surface area (Å²) in [5.41, 5.74) is 0.508. The van der Waals surface area contributed by atoms with Crippen molar-refractivity contribution >= 4 is 34.0 Å². The molecule has 0 fully saturated rings. The molecule has 0 aliphatic carbocycles. The van der Waals surface area contributed by atoms with Crippen molar-refractivity contribution in [3.63, 3.8) is 0 Å². The number of nitrogens with zero attached hydrogens (tertiary/aromatic N) is 1. The molecule has 0 bridgehead atoms. The van der Waals surface area contributed by atoms with Gasteiger partial charge in [-0.1, -0.05) is 18.2 Å². The lowest BCUT2D eigenvalue weighted by Gasteiger charge is -2.02. The van der Waals surface area contributed by atoms with Gasteiger partial charge in [-0.3, -0.25) is 9.89 Å². The highest BCUT2D eigenvalue weighted by molar-refractivity contribution is 7.15. The largest absolute Gasteiger partial charge is 0.422 e. The number of nitrogens with one attached hydrogen (secondary N) is 2. The third-order valence-corrected chi connectivity index (χ3v) is 4.75. The van der Waals surface area contributed by atoms with Crippen molar-refractivity contribution in [1.29, 1.82) is 0 Å². The predicted octanol–water partition coefficient (Wildman–Crippen LogP) is 3.81. The molecule has 0 saturated heterocycles. The number of thiophene rings is 1. The number of para-hydroxylation sites is 1. The molecular formula is C18H13N3O3S. The second kappa shape index (κ2) is 6.03. The summed E-state index contributed by atoms with van der Waals surface area (Å²) in [5.74, 6) is -0.210. The minimum Gasteiger partial charge on any atom is -0.422 e. The highest BCUT2D eigenvalue weighted by atomic mass is 32.1. The van der Waals surface area contributed by atoms with Crippen molar-refractivity contribution in [3.05, 3.63) is 69.4 Å². The van der Waals surface area contributed by atoms with Crippen LogP contribution in [0, 0.1) is 6.92 Å². The Bertz CT molecular complexity index is 1140. The summed E-state index contributed by atoms with van der Waals surface area (Å²) >= 11 is 1.62. The Labute approximate surface area is 146 Å². The van der Waals surface area contributed by atoms with E-state index in [-0.39, 0.29) is 5.56 Å². The van der Waals surface area contributed by atoms with Crippen LogP contribution in [0.2, 0.25) is 0 Å². The average Bonchev–Trinajstić information content (AvgIpc) is 3.23. The van der Waals surface area contributed by atoms with Gasteiger partial charge < -0.3 is 9.73 Å². The van der Waals surface area contributed by atoms with Gasteiger partial charge >= 0.3 is 5.63 Å². The number of fused-ring (bicyclic) bond motifs is 1. The SMILES string of the molecule is Cc1ccc(-c2cc(NC(=O)c3cc4ccccc4oc3=O)n[nH]2)s1. The molecule has 0 atom stereocenters. The van der Waals surface area contributed by atoms with E-state index in [1.807, 2.05) is 25.1 Å². The van der Waals surface area contributed by atoms with E-state index in [1.165, 1.54) is 10.9 Å². The molecule has 0 aliphatic heterocycles. The van der Waals surface area contributed by atoms with Gasteiger partial charge in [-0.25, -0.2) is 4.79 Å². The van der Waals surface area contributed by atoms with E-state index in [2.05, 4.69) is 15.5 Å². The number of carbonyl (C=O) groups is 1. The molecule has 3 heterocycles. The molecule has 0 aliphatic rings. The van der Waals surface area contributed by atoms with Crippen molar-refractivity contribution in [1.82, 2.24) is 10.2 Å². The van der Waals surface area contributed by atoms with Crippen LogP contribution in [0.4, 0.5) is 5.82 Å². The predicted molar refractivity (Wildman–Crippen MR) is 97.1 cm³/mol. The fourth-order valence-electron chi connectivity index (χ4n) is 2.50. The molecule has 124 valence electrons. The standard InChI is InChI=1S/C18H13N3O3S/c1-10-6-7-15(25-10)13-9-16(21-20-13)19-17(22)12-8-11-4-2-3-5-14(11)24-18(12)23/h2-9H,1H3,(H2,19,20,21,22). The van der Waals surface area contributed by atoms with E-state index < -0.39 is 11.5 Å². The third-order valence-electron chi connectivity index (χ3n) is 3.71. The number of hydrogen-bond acceptors (Lipinski definition) is 5. The second-order valence-electron chi connectivity index (χ2n) is 5.52. The minimum absolute atomic E-state index is 0.0600. The van der Waals surface area contributed by atoms with Gasteiger partial charge in [0, 0.05) is 16.3 Å². The van der Waals surface area contributed by atoms with Crippen LogP contribution >= 0.6 is 11.3 Å². The molecule has 1 aromatic carbocycles. The zero-order valence-electron chi connectivity index (χ0n) is 13.2. The second-order valence-corrected chi connectivity index (χ2v) is 6.80. The third kappa shape index (κ3) is 2.97. The molecular weight excluding hydrogens is 338 g/mol. The molecule has 6 nitrogen and oxygen atoms in total. The van der Waals surface area contributed by atoms with Crippen molar-refractivity contribution in [2.45, 2.75) is 6.92 Å². The molecule has 25 heavy (non-hydrogen) atoms. The number of benzene rings is 1. The average molecular weight is 351 g/mol. The topological polar surface area (TPSA) is 88.0 Å². The van der Waals surface area contributed by atoms with Crippen LogP contribution in [-0.4, -0.2) is 16.1 Å². The lowest BCUT2D eigenvalue weighted by Crippen LogP contribution is -2.20. The van der Waals surface area contributed by atoms with Gasteiger partial charge in [0.1, 0.15) is 11.1 Å². The van der Waals surface area contributed by atoms with Crippen LogP contribution in [-0.2, 0) is 0 Å². The molecule has 7 heteroatoms. The summed E-state index contributed by atoms with van der Waals surface area (Å²) in [6.45, 7) is 2.02. The summed E-state index contributed by atoms with van der Waals surface area (Å²) in [4.78, 5) is 26.7. The summed E-state index contributed by atoms with van der Waals surface area (Å²) in [7, 11) is 0. The lowest BCUT2D eigenvalue weighted by atomic mass is 10.2. The lowest BCUT2D eigenvalue weighted by molar-refractivity contribution is 0.102. The molecule has 4 rings (SSSR count). The maximum absolute atomic E-state index is 12.4. The summed E-state index contributed by atoms with van der Waals surface area (Å²) in [6, 6.07) is 14.3. The molecule has 0 radical (unpaired) electrons. The van der Waals surface area contributed by atoms with Crippen LogP contribution in [0.5, 0.6) is 0 Å². The molecule has 0 saturated carbocycles. The van der Waals surface area contributed by atoms with E-state index in [9.17, 15) is 9.59 Å². The van der Waals surface area contributed by atoms with Gasteiger partial charge in [0.25, 0.3) is 5.91 Å². The number of anilines is 1. The Hall–Kier alpha value is -3.19. The first-order valence-corrected chi connectivity index (χ1v) is 8.38. The van der Waals surface area contributed by atoms with Crippen molar-refractivity contribution in [3.8, 4) is 10.6 Å². The van der Waals surface area contributed by atoms with E-state index in [1.54, 1.807) is 35.6 Å². The smallest absolute Gasteiger partial charge is 0.349 e. The highest BCUT2D eigenvalue weighted by Crippen LogP contribution is 2.27. The molecule has 4 aromatic rings. The summed E-state index contributed by atoms with van der Waals surface area (Å²) in [6.07, 6.45) is 0. The van der Waals surface area contributed by atoms with Gasteiger partial charge in [-0.15, -0.1) is 11.3 Å². The van der Waals surface area contributed by atoms with Gasteiger partial charge in [-0.2, -0.15) is 5.10 Å². The quantitative estimate of drug-likeness (QED) is 0.550.